The molecule has 0 aliphatic heterocycles. The molecule has 1 aromatic heterocycles. The molecule has 0 unspecified atom stereocenters. The first-order chi connectivity index (χ1) is 13.1. The Kier molecular flexibility index (Phi) is 8.09. The normalized spacial score (nSPS) is 10.1. The van der Waals surface area contributed by atoms with Crippen molar-refractivity contribution in [3.05, 3.63) is 54.4 Å². The van der Waals surface area contributed by atoms with E-state index >= 15 is 0 Å². The van der Waals surface area contributed by atoms with Gasteiger partial charge >= 0.3 is 5.97 Å². The second-order valence-electron chi connectivity index (χ2n) is 5.69. The SMILES string of the molecule is CCOC(=O)CCN(Cc1ccncc1)C(=O)COc1cccc(OC)c1. The van der Waals surface area contributed by atoms with Gasteiger partial charge in [-0.1, -0.05) is 6.07 Å². The summed E-state index contributed by atoms with van der Waals surface area (Å²) in [4.78, 5) is 29.9. The lowest BCUT2D eigenvalue weighted by atomic mass is 10.2. The van der Waals surface area contributed by atoms with Gasteiger partial charge in [0.15, 0.2) is 6.61 Å². The Bertz CT molecular complexity index is 736. The van der Waals surface area contributed by atoms with E-state index in [9.17, 15) is 9.59 Å². The number of esters is 1. The molecule has 1 amide bonds. The van der Waals surface area contributed by atoms with E-state index in [1.165, 1.54) is 0 Å². The largest absolute Gasteiger partial charge is 0.497 e. The van der Waals surface area contributed by atoms with Crippen molar-refractivity contribution in [2.24, 2.45) is 0 Å². The van der Waals surface area contributed by atoms with Gasteiger partial charge in [0.1, 0.15) is 11.5 Å². The minimum absolute atomic E-state index is 0.129. The topological polar surface area (TPSA) is 78.0 Å². The zero-order chi connectivity index (χ0) is 19.5. The Labute approximate surface area is 158 Å². The van der Waals surface area contributed by atoms with Crippen LogP contribution in [0.5, 0.6) is 11.5 Å². The first-order valence-electron chi connectivity index (χ1n) is 8.71. The first kappa shape index (κ1) is 20.2. The van der Waals surface area contributed by atoms with Crippen molar-refractivity contribution in [3.63, 3.8) is 0 Å². The number of pyridine rings is 1. The second-order valence-corrected chi connectivity index (χ2v) is 5.69. The summed E-state index contributed by atoms with van der Waals surface area (Å²) in [5, 5.41) is 0. The van der Waals surface area contributed by atoms with Crippen molar-refractivity contribution >= 4 is 11.9 Å². The number of ether oxygens (including phenoxy) is 3. The quantitative estimate of drug-likeness (QED) is 0.596. The van der Waals surface area contributed by atoms with Crippen molar-refractivity contribution < 1.29 is 23.8 Å². The molecule has 0 atom stereocenters. The molecule has 144 valence electrons. The van der Waals surface area contributed by atoms with Crippen LogP contribution >= 0.6 is 0 Å². The molecule has 0 fully saturated rings. The maximum atomic E-state index is 12.6. The lowest BCUT2D eigenvalue weighted by Crippen LogP contribution is -2.36. The van der Waals surface area contributed by atoms with Gasteiger partial charge in [-0.05, 0) is 36.8 Å². The first-order valence-corrected chi connectivity index (χ1v) is 8.71. The van der Waals surface area contributed by atoms with Crippen LogP contribution < -0.4 is 9.47 Å². The van der Waals surface area contributed by atoms with Crippen LogP contribution in [0.1, 0.15) is 18.9 Å². The molecule has 0 aliphatic rings. The van der Waals surface area contributed by atoms with E-state index in [1.54, 1.807) is 55.6 Å². The number of hydrogen-bond acceptors (Lipinski definition) is 6. The maximum Gasteiger partial charge on any atom is 0.307 e. The van der Waals surface area contributed by atoms with Crippen LogP contribution in [-0.4, -0.2) is 48.6 Å². The Morgan fingerprint density at radius 3 is 2.56 bits per heavy atom. The van der Waals surface area contributed by atoms with Crippen molar-refractivity contribution in [3.8, 4) is 11.5 Å². The van der Waals surface area contributed by atoms with Crippen LogP contribution in [0.25, 0.3) is 0 Å². The van der Waals surface area contributed by atoms with Gasteiger partial charge in [0.25, 0.3) is 5.91 Å². The summed E-state index contributed by atoms with van der Waals surface area (Å²) in [6, 6.07) is 10.7. The fourth-order valence-electron chi connectivity index (χ4n) is 2.39. The number of methoxy groups -OCH3 is 1. The van der Waals surface area contributed by atoms with Crippen molar-refractivity contribution in [2.75, 3.05) is 26.9 Å². The zero-order valence-corrected chi connectivity index (χ0v) is 15.6. The van der Waals surface area contributed by atoms with Gasteiger partial charge in [-0.25, -0.2) is 0 Å². The molecule has 7 nitrogen and oxygen atoms in total. The lowest BCUT2D eigenvalue weighted by molar-refractivity contribution is -0.144. The number of carbonyl (C=O) groups is 2. The third-order valence-electron chi connectivity index (χ3n) is 3.77. The van der Waals surface area contributed by atoms with E-state index in [0.717, 1.165) is 5.56 Å². The highest BCUT2D eigenvalue weighted by Gasteiger charge is 2.17. The summed E-state index contributed by atoms with van der Waals surface area (Å²) in [6.45, 7) is 2.54. The van der Waals surface area contributed by atoms with E-state index in [1.807, 2.05) is 12.1 Å². The molecule has 2 rings (SSSR count). The number of carbonyl (C=O) groups excluding carboxylic acids is 2. The Morgan fingerprint density at radius 2 is 1.85 bits per heavy atom. The van der Waals surface area contributed by atoms with E-state index in [-0.39, 0.29) is 31.4 Å². The highest BCUT2D eigenvalue weighted by Crippen LogP contribution is 2.19. The minimum Gasteiger partial charge on any atom is -0.497 e. The summed E-state index contributed by atoms with van der Waals surface area (Å²) >= 11 is 0. The number of amides is 1. The molecule has 27 heavy (non-hydrogen) atoms. The highest BCUT2D eigenvalue weighted by molar-refractivity contribution is 5.78. The Morgan fingerprint density at radius 1 is 1.11 bits per heavy atom. The molecule has 0 saturated carbocycles. The van der Waals surface area contributed by atoms with Crippen molar-refractivity contribution in [2.45, 2.75) is 19.9 Å². The maximum absolute atomic E-state index is 12.6. The summed E-state index contributed by atoms with van der Waals surface area (Å²) in [7, 11) is 1.57. The van der Waals surface area contributed by atoms with E-state index in [2.05, 4.69) is 4.98 Å². The van der Waals surface area contributed by atoms with Gasteiger partial charge < -0.3 is 19.1 Å². The molecule has 0 radical (unpaired) electrons. The van der Waals surface area contributed by atoms with Crippen molar-refractivity contribution in [1.29, 1.82) is 0 Å². The highest BCUT2D eigenvalue weighted by atomic mass is 16.5. The Balaban J connectivity index is 1.99. The number of rotatable bonds is 10. The number of hydrogen-bond donors (Lipinski definition) is 0. The minimum atomic E-state index is -0.334. The fraction of sp³-hybridized carbons (Fsp3) is 0.350. The van der Waals surface area contributed by atoms with E-state index < -0.39 is 0 Å². The van der Waals surface area contributed by atoms with Gasteiger partial charge in [0, 0.05) is 31.5 Å². The molecule has 0 saturated heterocycles. The molecule has 7 heteroatoms. The molecule has 0 bridgehead atoms. The molecule has 0 aliphatic carbocycles. The molecule has 0 N–H and O–H groups in total. The van der Waals surface area contributed by atoms with Gasteiger partial charge in [0.2, 0.25) is 0 Å². The molecule has 0 spiro atoms. The molecular formula is C20H24N2O5. The number of aromatic nitrogens is 1. The van der Waals surface area contributed by atoms with Gasteiger partial charge in [0.05, 0.1) is 20.1 Å². The van der Waals surface area contributed by atoms with E-state index in [4.69, 9.17) is 14.2 Å². The second kappa shape index (κ2) is 10.8. The van der Waals surface area contributed by atoms with Gasteiger partial charge in [-0.2, -0.15) is 0 Å². The summed E-state index contributed by atoms with van der Waals surface area (Å²) in [5.74, 6) is 0.630. The predicted molar refractivity (Wildman–Crippen MR) is 99.4 cm³/mol. The van der Waals surface area contributed by atoms with Gasteiger partial charge in [-0.3, -0.25) is 14.6 Å². The van der Waals surface area contributed by atoms with Crippen LogP contribution in [0, 0.1) is 0 Å². The molecule has 1 heterocycles. The van der Waals surface area contributed by atoms with Crippen LogP contribution in [-0.2, 0) is 20.9 Å². The van der Waals surface area contributed by atoms with Crippen molar-refractivity contribution in [1.82, 2.24) is 9.88 Å². The number of nitrogens with zero attached hydrogens (tertiary/aromatic N) is 2. The summed E-state index contributed by atoms with van der Waals surface area (Å²) in [5.41, 5.74) is 0.920. The standard InChI is InChI=1S/C20H24N2O5/c1-3-26-20(24)9-12-22(14-16-7-10-21-11-8-16)19(23)15-27-18-6-4-5-17(13-18)25-2/h4-8,10-11,13H,3,9,12,14-15H2,1-2H3. The molecule has 2 aromatic rings. The smallest absolute Gasteiger partial charge is 0.307 e. The summed E-state index contributed by atoms with van der Waals surface area (Å²) in [6.07, 6.45) is 3.45. The van der Waals surface area contributed by atoms with Crippen LogP contribution in [0.4, 0.5) is 0 Å². The third-order valence-corrected chi connectivity index (χ3v) is 3.77. The predicted octanol–water partition coefficient (Wildman–Crippen LogP) is 2.45. The van der Waals surface area contributed by atoms with E-state index in [0.29, 0.717) is 24.7 Å². The zero-order valence-electron chi connectivity index (χ0n) is 15.6. The van der Waals surface area contributed by atoms with Crippen LogP contribution in [0.15, 0.2) is 48.8 Å². The number of benzene rings is 1. The lowest BCUT2D eigenvalue weighted by Gasteiger charge is -2.22. The molecular weight excluding hydrogens is 348 g/mol. The monoisotopic (exact) mass is 372 g/mol. The average Bonchev–Trinajstić information content (AvgIpc) is 2.70. The average molecular weight is 372 g/mol. The molecule has 1 aromatic carbocycles. The van der Waals surface area contributed by atoms with Gasteiger partial charge in [-0.15, -0.1) is 0 Å². The van der Waals surface area contributed by atoms with Crippen LogP contribution in [0.3, 0.4) is 0 Å². The Hall–Kier alpha value is -3.09. The van der Waals surface area contributed by atoms with Crippen LogP contribution in [0.2, 0.25) is 0 Å². The fourth-order valence-corrected chi connectivity index (χ4v) is 2.39. The third kappa shape index (κ3) is 6.97. The summed E-state index contributed by atoms with van der Waals surface area (Å²) < 4.78 is 15.7.